The summed E-state index contributed by atoms with van der Waals surface area (Å²) in [6, 6.07) is 20.0. The van der Waals surface area contributed by atoms with E-state index in [2.05, 4.69) is 37.0 Å². The Bertz CT molecular complexity index is 808. The van der Waals surface area contributed by atoms with E-state index in [-0.39, 0.29) is 6.61 Å². The van der Waals surface area contributed by atoms with Crippen LogP contribution < -0.4 is 4.74 Å². The Morgan fingerprint density at radius 1 is 0.875 bits per heavy atom. The molecule has 0 amide bonds. The Kier molecular flexibility index (Phi) is 4.92. The fraction of sp³-hybridized carbons (Fsp3) is 0.190. The van der Waals surface area contributed by atoms with E-state index in [9.17, 15) is 5.11 Å². The van der Waals surface area contributed by atoms with Gasteiger partial charge in [0.1, 0.15) is 6.61 Å². The molecule has 0 atom stereocenters. The summed E-state index contributed by atoms with van der Waals surface area (Å²) in [5.41, 5.74) is 6.11. The number of hydrogen-bond acceptors (Lipinski definition) is 3. The molecular formula is C21H21NO2. The highest BCUT2D eigenvalue weighted by Crippen LogP contribution is 2.25. The van der Waals surface area contributed by atoms with Crippen LogP contribution in [0.4, 0.5) is 0 Å². The third-order valence-electron chi connectivity index (χ3n) is 3.79. The average molecular weight is 319 g/mol. The van der Waals surface area contributed by atoms with Gasteiger partial charge in [-0.3, -0.25) is 0 Å². The van der Waals surface area contributed by atoms with Gasteiger partial charge in [0.05, 0.1) is 12.3 Å². The lowest BCUT2D eigenvalue weighted by Gasteiger charge is -2.11. The first kappa shape index (κ1) is 16.2. The Labute approximate surface area is 142 Å². The first-order chi connectivity index (χ1) is 11.6. The second kappa shape index (κ2) is 7.28. The molecule has 3 rings (SSSR count). The normalized spacial score (nSPS) is 10.6. The molecule has 3 aromatic rings. The van der Waals surface area contributed by atoms with Crippen LogP contribution in [0.1, 0.15) is 22.3 Å². The van der Waals surface area contributed by atoms with Crippen molar-refractivity contribution < 1.29 is 9.84 Å². The van der Waals surface area contributed by atoms with Crippen LogP contribution in [0, 0.1) is 13.8 Å². The van der Waals surface area contributed by atoms with E-state index in [1.165, 1.54) is 11.1 Å². The summed E-state index contributed by atoms with van der Waals surface area (Å²) >= 11 is 0. The predicted molar refractivity (Wildman–Crippen MR) is 95.8 cm³/mol. The van der Waals surface area contributed by atoms with E-state index in [1.54, 1.807) is 6.07 Å². The molecule has 0 aliphatic rings. The van der Waals surface area contributed by atoms with E-state index in [4.69, 9.17) is 4.74 Å². The number of nitrogens with zero attached hydrogens (tertiary/aromatic N) is 1. The molecule has 122 valence electrons. The highest BCUT2D eigenvalue weighted by Gasteiger charge is 2.07. The van der Waals surface area contributed by atoms with Crippen LogP contribution in [0.2, 0.25) is 0 Å². The van der Waals surface area contributed by atoms with Crippen molar-refractivity contribution in [2.24, 2.45) is 0 Å². The molecule has 0 unspecified atom stereocenters. The molecule has 2 aromatic carbocycles. The summed E-state index contributed by atoms with van der Waals surface area (Å²) in [5, 5.41) is 9.54. The van der Waals surface area contributed by atoms with Crippen LogP contribution in [0.5, 0.6) is 5.88 Å². The van der Waals surface area contributed by atoms with E-state index >= 15 is 0 Å². The highest BCUT2D eigenvalue weighted by atomic mass is 16.5. The Balaban J connectivity index is 1.90. The summed E-state index contributed by atoms with van der Waals surface area (Å²) in [6.45, 7) is 4.55. The van der Waals surface area contributed by atoms with Gasteiger partial charge in [-0.25, -0.2) is 4.98 Å². The number of rotatable bonds is 5. The van der Waals surface area contributed by atoms with Crippen molar-refractivity contribution in [2.75, 3.05) is 0 Å². The number of aromatic nitrogens is 1. The maximum Gasteiger partial charge on any atom is 0.214 e. The van der Waals surface area contributed by atoms with Crippen molar-refractivity contribution in [3.8, 4) is 17.1 Å². The van der Waals surface area contributed by atoms with E-state index in [0.29, 0.717) is 12.5 Å². The summed E-state index contributed by atoms with van der Waals surface area (Å²) in [7, 11) is 0. The van der Waals surface area contributed by atoms with Crippen molar-refractivity contribution >= 4 is 0 Å². The molecule has 0 bridgehead atoms. The molecule has 1 heterocycles. The first-order valence-electron chi connectivity index (χ1n) is 8.01. The fourth-order valence-electron chi connectivity index (χ4n) is 2.73. The summed E-state index contributed by atoms with van der Waals surface area (Å²) < 4.78 is 5.83. The molecule has 1 aromatic heterocycles. The van der Waals surface area contributed by atoms with Crippen molar-refractivity contribution in [3.05, 3.63) is 82.9 Å². The van der Waals surface area contributed by atoms with E-state index in [1.807, 2.05) is 36.4 Å². The minimum Gasteiger partial charge on any atom is -0.473 e. The Hall–Kier alpha value is -2.65. The Morgan fingerprint density at radius 3 is 2.25 bits per heavy atom. The molecule has 0 saturated carbocycles. The average Bonchev–Trinajstić information content (AvgIpc) is 2.60. The molecule has 24 heavy (non-hydrogen) atoms. The Morgan fingerprint density at radius 2 is 1.58 bits per heavy atom. The first-order valence-corrected chi connectivity index (χ1v) is 8.01. The minimum atomic E-state index is -0.0397. The number of aliphatic hydroxyl groups is 1. The molecule has 0 aliphatic heterocycles. The van der Waals surface area contributed by atoms with Gasteiger partial charge < -0.3 is 9.84 Å². The van der Waals surface area contributed by atoms with Crippen LogP contribution in [0.25, 0.3) is 11.3 Å². The lowest BCUT2D eigenvalue weighted by atomic mass is 10.0. The summed E-state index contributed by atoms with van der Waals surface area (Å²) in [5.74, 6) is 0.527. The zero-order chi connectivity index (χ0) is 16.9. The van der Waals surface area contributed by atoms with Crippen molar-refractivity contribution in [1.82, 2.24) is 4.98 Å². The lowest BCUT2D eigenvalue weighted by molar-refractivity contribution is 0.275. The molecule has 0 fully saturated rings. The second-order valence-corrected chi connectivity index (χ2v) is 6.01. The smallest absolute Gasteiger partial charge is 0.214 e. The number of pyridine rings is 1. The topological polar surface area (TPSA) is 42.4 Å². The minimum absolute atomic E-state index is 0.0397. The van der Waals surface area contributed by atoms with Crippen molar-refractivity contribution in [1.29, 1.82) is 0 Å². The van der Waals surface area contributed by atoms with Gasteiger partial charge in [-0.15, -0.1) is 0 Å². The quantitative estimate of drug-likeness (QED) is 0.756. The summed E-state index contributed by atoms with van der Waals surface area (Å²) in [6.07, 6.45) is 0. The molecule has 0 saturated heterocycles. The molecule has 0 aliphatic carbocycles. The molecule has 0 spiro atoms. The predicted octanol–water partition coefficient (Wildman–Crippen LogP) is 4.44. The highest BCUT2D eigenvalue weighted by molar-refractivity contribution is 5.62. The van der Waals surface area contributed by atoms with Crippen LogP contribution in [0.15, 0.2) is 60.7 Å². The number of benzene rings is 2. The number of ether oxygens (including phenoxy) is 1. The third kappa shape index (κ3) is 4.00. The van der Waals surface area contributed by atoms with E-state index < -0.39 is 0 Å². The van der Waals surface area contributed by atoms with Crippen molar-refractivity contribution in [2.45, 2.75) is 27.1 Å². The van der Waals surface area contributed by atoms with Gasteiger partial charge in [-0.1, -0.05) is 47.5 Å². The SMILES string of the molecule is Cc1cc(C)cc(-c2cc(CO)cc(OCc3ccccc3)n2)c1. The monoisotopic (exact) mass is 319 g/mol. The standard InChI is InChI=1S/C21H21NO2/c1-15-8-16(2)10-19(9-15)20-11-18(13-23)12-21(22-20)24-14-17-6-4-3-5-7-17/h3-12,23H,13-14H2,1-2H3. The van der Waals surface area contributed by atoms with Gasteiger partial charge in [0, 0.05) is 11.6 Å². The molecule has 3 nitrogen and oxygen atoms in total. The zero-order valence-electron chi connectivity index (χ0n) is 14.0. The van der Waals surface area contributed by atoms with Gasteiger partial charge in [-0.05, 0) is 43.2 Å². The number of aliphatic hydroxyl groups excluding tert-OH is 1. The van der Waals surface area contributed by atoms with Gasteiger partial charge >= 0.3 is 0 Å². The number of aryl methyl sites for hydroxylation is 2. The second-order valence-electron chi connectivity index (χ2n) is 6.01. The molecule has 3 heteroatoms. The van der Waals surface area contributed by atoms with Gasteiger partial charge in [0.15, 0.2) is 0 Å². The molecular weight excluding hydrogens is 298 g/mol. The molecule has 0 radical (unpaired) electrons. The maximum atomic E-state index is 9.54. The fourth-order valence-corrected chi connectivity index (χ4v) is 2.73. The van der Waals surface area contributed by atoms with Gasteiger partial charge in [0.25, 0.3) is 0 Å². The van der Waals surface area contributed by atoms with Crippen LogP contribution >= 0.6 is 0 Å². The van der Waals surface area contributed by atoms with Crippen LogP contribution in [-0.4, -0.2) is 10.1 Å². The third-order valence-corrected chi connectivity index (χ3v) is 3.79. The summed E-state index contributed by atoms with van der Waals surface area (Å²) in [4.78, 5) is 4.62. The largest absolute Gasteiger partial charge is 0.473 e. The maximum absolute atomic E-state index is 9.54. The number of hydrogen-bond donors (Lipinski definition) is 1. The van der Waals surface area contributed by atoms with Crippen LogP contribution in [-0.2, 0) is 13.2 Å². The van der Waals surface area contributed by atoms with Crippen molar-refractivity contribution in [3.63, 3.8) is 0 Å². The molecule has 1 N–H and O–H groups in total. The zero-order valence-corrected chi connectivity index (χ0v) is 14.0. The van der Waals surface area contributed by atoms with Gasteiger partial charge in [0.2, 0.25) is 5.88 Å². The van der Waals surface area contributed by atoms with Gasteiger partial charge in [-0.2, -0.15) is 0 Å². The van der Waals surface area contributed by atoms with Crippen LogP contribution in [0.3, 0.4) is 0 Å². The lowest BCUT2D eigenvalue weighted by Crippen LogP contribution is -2.00. The van der Waals surface area contributed by atoms with E-state index in [0.717, 1.165) is 22.4 Å².